The summed E-state index contributed by atoms with van der Waals surface area (Å²) in [6.45, 7) is 26.9. The lowest BCUT2D eigenvalue weighted by atomic mass is 9.67. The van der Waals surface area contributed by atoms with Crippen LogP contribution in [-0.2, 0) is 10.1 Å². The Morgan fingerprint density at radius 2 is 0.778 bits per heavy atom. The van der Waals surface area contributed by atoms with Crippen molar-refractivity contribution in [3.05, 3.63) is 164 Å². The predicted octanol–water partition coefficient (Wildman–Crippen LogP) is 6.45. The zero-order chi connectivity index (χ0) is 40.0. The van der Waals surface area contributed by atoms with Crippen molar-refractivity contribution in [2.45, 2.75) is 101 Å². The number of rotatable bonds is 12. The molecule has 0 spiro atoms. The van der Waals surface area contributed by atoms with Gasteiger partial charge in [-0.15, -0.1) is 0 Å². The molecule has 0 aliphatic heterocycles. The van der Waals surface area contributed by atoms with Gasteiger partial charge in [-0.1, -0.05) is 91.0 Å². The first-order valence-electron chi connectivity index (χ1n) is 19.1. The fraction of sp³-hybridized carbons (Fsp3) is 0.391. The molecule has 5 aromatic rings. The summed E-state index contributed by atoms with van der Waals surface area (Å²) in [5.41, 5.74) is 16.0. The van der Waals surface area contributed by atoms with Gasteiger partial charge in [0.05, 0.1) is 7.32 Å². The molecule has 0 fully saturated rings. The maximum Gasteiger partial charge on any atom is 0.234 e. The Hall–Kier alpha value is -4.50. The van der Waals surface area contributed by atoms with Gasteiger partial charge in [0.25, 0.3) is 0 Å². The van der Waals surface area contributed by atoms with E-state index < -0.39 is 7.32 Å². The summed E-state index contributed by atoms with van der Waals surface area (Å²) in [6.07, 6.45) is 1.34. The van der Waals surface area contributed by atoms with E-state index in [-0.39, 0.29) is 12.0 Å². The topological polar surface area (TPSA) is 81.6 Å². The van der Waals surface area contributed by atoms with Crippen LogP contribution in [-0.4, -0.2) is 27.1 Å². The van der Waals surface area contributed by atoms with Crippen molar-refractivity contribution in [1.29, 1.82) is 0 Å². The Morgan fingerprint density at radius 1 is 0.481 bits per heavy atom. The number of benzene rings is 3. The zero-order valence-electron chi connectivity index (χ0n) is 34.7. The van der Waals surface area contributed by atoms with Crippen LogP contribution in [0.15, 0.2) is 91.0 Å². The Balaban J connectivity index is 0.000000238. The minimum absolute atomic E-state index is 0.159. The maximum atomic E-state index is 10.7. The van der Waals surface area contributed by atoms with Crippen LogP contribution in [0.1, 0.15) is 99.5 Å². The lowest BCUT2D eigenvalue weighted by Gasteiger charge is -2.37. The Bertz CT molecular complexity index is 1690. The highest BCUT2D eigenvalue weighted by molar-refractivity contribution is 6.28. The van der Waals surface area contributed by atoms with Crippen molar-refractivity contribution < 1.29 is 33.8 Å². The van der Waals surface area contributed by atoms with Crippen molar-refractivity contribution in [3.8, 4) is 0 Å². The molecule has 3 aromatic carbocycles. The molecule has 0 aliphatic rings. The van der Waals surface area contributed by atoms with E-state index in [0.29, 0.717) is 19.6 Å². The molecule has 0 unspecified atom stereocenters. The molecule has 0 saturated carbocycles. The van der Waals surface area contributed by atoms with Crippen LogP contribution in [0, 0.1) is 69.2 Å². The van der Waals surface area contributed by atoms with E-state index in [4.69, 9.17) is 14.3 Å². The van der Waals surface area contributed by atoms with Crippen LogP contribution in [0.3, 0.4) is 0 Å². The molecule has 5 rings (SSSR count). The molecule has 0 aliphatic carbocycles. The van der Waals surface area contributed by atoms with Crippen LogP contribution in [0.25, 0.3) is 0 Å². The van der Waals surface area contributed by atoms with Crippen molar-refractivity contribution >= 4 is 7.32 Å². The molecule has 8 heteroatoms. The first-order valence-corrected chi connectivity index (χ1v) is 19.1. The minimum Gasteiger partial charge on any atom is -0.871 e. The average molecular weight is 733 g/mol. The molecule has 0 bridgehead atoms. The monoisotopic (exact) mass is 732 g/mol. The number of hydrogen-bond acceptors (Lipinski definition) is 5. The standard InChI is InChI=1S/C22H21BO3.2C12H20NO/c24-23(25)26-18-10-17-22(19-11-4-1-5-12-19,20-13-6-2-7-14-20)21-15-8-3-9-16-21;2*1-7-14-13-11(5)9(3)8(2)10(4)12(13)6/h1-9,11-16H,10,17-18H2;2*7H2,1-6H3/q-2;2*+1. The van der Waals surface area contributed by atoms with Crippen LogP contribution >= 0.6 is 0 Å². The zero-order valence-corrected chi connectivity index (χ0v) is 34.7. The van der Waals surface area contributed by atoms with E-state index in [1.54, 1.807) is 0 Å². The van der Waals surface area contributed by atoms with Gasteiger partial charge in [0.15, 0.2) is 13.2 Å². The highest BCUT2D eigenvalue weighted by Crippen LogP contribution is 2.43. The molecule has 0 amide bonds. The van der Waals surface area contributed by atoms with Gasteiger partial charge in [-0.25, -0.2) is 0 Å². The molecule has 0 radical (unpaired) electrons. The first kappa shape index (κ1) is 43.9. The van der Waals surface area contributed by atoms with Gasteiger partial charge in [-0.3, -0.25) is 9.68 Å². The summed E-state index contributed by atoms with van der Waals surface area (Å²) in [4.78, 5) is 11.2. The third kappa shape index (κ3) is 10.4. The van der Waals surface area contributed by atoms with E-state index in [1.807, 2.05) is 77.9 Å². The van der Waals surface area contributed by atoms with Crippen LogP contribution in [0.2, 0.25) is 0 Å². The van der Waals surface area contributed by atoms with Crippen molar-refractivity contribution in [3.63, 3.8) is 0 Å². The maximum absolute atomic E-state index is 10.7. The third-order valence-corrected chi connectivity index (χ3v) is 10.9. The Morgan fingerprint density at radius 3 is 1.04 bits per heavy atom. The van der Waals surface area contributed by atoms with Crippen LogP contribution < -0.4 is 29.2 Å². The highest BCUT2D eigenvalue weighted by atomic mass is 16.7. The molecule has 7 nitrogen and oxygen atoms in total. The molecular formula is C46H61BN2O5. The fourth-order valence-electron chi connectivity index (χ4n) is 7.02. The first-order chi connectivity index (χ1) is 25.7. The smallest absolute Gasteiger partial charge is 0.234 e. The molecule has 0 atom stereocenters. The lowest BCUT2D eigenvalue weighted by Crippen LogP contribution is -2.49. The molecule has 2 heterocycles. The summed E-state index contributed by atoms with van der Waals surface area (Å²) in [7, 11) is -2.23. The lowest BCUT2D eigenvalue weighted by molar-refractivity contribution is -0.899. The molecular weight excluding hydrogens is 671 g/mol. The van der Waals surface area contributed by atoms with Crippen molar-refractivity contribution in [2.75, 3.05) is 19.8 Å². The molecule has 0 saturated heterocycles. The SMILES string of the molecule is CCO[n+]1c(C)c(C)c(C)c(C)c1C.CCO[n+]1c(C)c(C)c(C)c(C)c1C.[O-]B([O-])OCCCC(c1ccccc1)(c1ccccc1)c1ccccc1. The van der Waals surface area contributed by atoms with Gasteiger partial charge in [0.1, 0.15) is 0 Å². The van der Waals surface area contributed by atoms with E-state index in [9.17, 15) is 10.0 Å². The van der Waals surface area contributed by atoms with Crippen LogP contribution in [0.4, 0.5) is 0 Å². The summed E-state index contributed by atoms with van der Waals surface area (Å²) in [5, 5.41) is 21.4. The van der Waals surface area contributed by atoms with Gasteiger partial charge < -0.3 is 14.7 Å². The number of aromatic nitrogens is 2. The van der Waals surface area contributed by atoms with Crippen molar-refractivity contribution in [2.24, 2.45) is 0 Å². The van der Waals surface area contributed by atoms with E-state index >= 15 is 0 Å². The van der Waals surface area contributed by atoms with Crippen molar-refractivity contribution in [1.82, 2.24) is 0 Å². The minimum atomic E-state index is -2.23. The van der Waals surface area contributed by atoms with Gasteiger partial charge >= 0.3 is 0 Å². The Kier molecular flexibility index (Phi) is 16.9. The predicted molar refractivity (Wildman–Crippen MR) is 215 cm³/mol. The summed E-state index contributed by atoms with van der Waals surface area (Å²) < 4.78 is 8.62. The number of nitrogens with zero attached hydrogens (tertiary/aromatic N) is 2. The van der Waals surface area contributed by atoms with E-state index in [1.165, 1.54) is 72.8 Å². The largest absolute Gasteiger partial charge is 0.871 e. The summed E-state index contributed by atoms with van der Waals surface area (Å²) >= 11 is 0. The molecule has 0 N–H and O–H groups in total. The molecule has 54 heavy (non-hydrogen) atoms. The van der Waals surface area contributed by atoms with E-state index in [0.717, 1.165) is 6.42 Å². The second kappa shape index (κ2) is 20.8. The molecule has 2 aromatic heterocycles. The Labute approximate surface area is 325 Å². The summed E-state index contributed by atoms with van der Waals surface area (Å²) in [5.74, 6) is 0. The average Bonchev–Trinajstić information content (AvgIpc) is 3.19. The second-order valence-corrected chi connectivity index (χ2v) is 13.8. The molecule has 288 valence electrons. The van der Waals surface area contributed by atoms with Gasteiger partial charge in [0.2, 0.25) is 22.8 Å². The second-order valence-electron chi connectivity index (χ2n) is 13.8. The quantitative estimate of drug-likeness (QED) is 0.0638. The van der Waals surface area contributed by atoms with Gasteiger partial charge in [0, 0.05) is 71.4 Å². The number of hydrogen-bond donors (Lipinski definition) is 0. The van der Waals surface area contributed by atoms with Gasteiger partial charge in [-0.2, -0.15) is 0 Å². The summed E-state index contributed by atoms with van der Waals surface area (Å²) in [6, 6.07) is 31.0. The number of pyridine rings is 2. The third-order valence-electron chi connectivity index (χ3n) is 10.9. The van der Waals surface area contributed by atoms with Crippen LogP contribution in [0.5, 0.6) is 0 Å². The van der Waals surface area contributed by atoms with Gasteiger partial charge in [-0.05, 0) is 96.0 Å². The highest BCUT2D eigenvalue weighted by Gasteiger charge is 2.35. The normalized spacial score (nSPS) is 10.9. The fourth-order valence-corrected chi connectivity index (χ4v) is 7.02. The van der Waals surface area contributed by atoms with E-state index in [2.05, 4.69) is 106 Å².